The monoisotopic (exact) mass is 645 g/mol. The number of likely N-dealkylation sites (tertiary alicyclic amines) is 1. The highest BCUT2D eigenvalue weighted by molar-refractivity contribution is 7.10. The van der Waals surface area contributed by atoms with Crippen LogP contribution in [-0.2, 0) is 42.7 Å². The van der Waals surface area contributed by atoms with E-state index in [-0.39, 0.29) is 29.5 Å². The summed E-state index contributed by atoms with van der Waals surface area (Å²) < 4.78 is 39.7. The third-order valence-corrected chi connectivity index (χ3v) is 8.22. The van der Waals surface area contributed by atoms with Crippen LogP contribution >= 0.6 is 11.3 Å². The number of carbonyl (C=O) groups is 3. The zero-order chi connectivity index (χ0) is 33.6. The number of nitrogens with zero attached hydrogens (tertiary/aromatic N) is 1. The summed E-state index contributed by atoms with van der Waals surface area (Å²) in [5.41, 5.74) is 12.1. The molecule has 2 fully saturated rings. The second-order valence-electron chi connectivity index (χ2n) is 10.1. The van der Waals surface area contributed by atoms with Gasteiger partial charge in [0.1, 0.15) is 13.1 Å². The number of halogens is 2. The van der Waals surface area contributed by atoms with Crippen molar-refractivity contribution in [3.8, 4) is 11.1 Å². The quantitative estimate of drug-likeness (QED) is 0.186. The Morgan fingerprint density at radius 1 is 1.13 bits per heavy atom. The Morgan fingerprint density at radius 2 is 1.76 bits per heavy atom. The number of likely N-dealkylation sites (N-methyl/N-ethyl adjacent to an activating group) is 1. The highest BCUT2D eigenvalue weighted by Crippen LogP contribution is 2.50. The Kier molecular flexibility index (Phi) is 14.6. The van der Waals surface area contributed by atoms with E-state index in [0.29, 0.717) is 43.9 Å². The predicted molar refractivity (Wildman–Crippen MR) is 171 cm³/mol. The average Bonchev–Trinajstić information content (AvgIpc) is 3.82. The van der Waals surface area contributed by atoms with Gasteiger partial charge in [-0.1, -0.05) is 42.5 Å². The Morgan fingerprint density at radius 3 is 2.36 bits per heavy atom. The molecule has 13 heteroatoms. The smallest absolute Gasteiger partial charge is 0.299 e. The highest BCUT2D eigenvalue weighted by atomic mass is 32.1. The van der Waals surface area contributed by atoms with Crippen LogP contribution in [0, 0.1) is 12.3 Å². The van der Waals surface area contributed by atoms with Crippen LogP contribution in [0.2, 0.25) is 0 Å². The molecule has 0 radical (unpaired) electrons. The van der Waals surface area contributed by atoms with Crippen molar-refractivity contribution in [1.29, 1.82) is 5.41 Å². The number of carbonyl (C=O) groups excluding carboxylic acids is 3. The second kappa shape index (κ2) is 17.6. The number of aldehydes is 1. The van der Waals surface area contributed by atoms with Gasteiger partial charge in [0.05, 0.1) is 38.7 Å². The fourth-order valence-electron chi connectivity index (χ4n) is 5.33. The number of ether oxygens (including phenoxy) is 2. The predicted octanol–water partition coefficient (Wildman–Crippen LogP) is 3.61. The van der Waals surface area contributed by atoms with E-state index in [0.717, 1.165) is 18.2 Å². The molecule has 1 spiro atoms. The molecule has 244 valence electrons. The topological polar surface area (TPSA) is 161 Å². The lowest BCUT2D eigenvalue weighted by molar-refractivity contribution is -0.146. The van der Waals surface area contributed by atoms with Crippen LogP contribution in [0.25, 0.3) is 11.1 Å². The molecular weight excluding hydrogens is 604 g/mol. The first-order valence-corrected chi connectivity index (χ1v) is 14.9. The van der Waals surface area contributed by atoms with Crippen LogP contribution in [0.15, 0.2) is 53.9 Å². The number of hydrogen-bond acceptors (Lipinski definition) is 9. The van der Waals surface area contributed by atoms with E-state index >= 15 is 0 Å². The Bertz CT molecular complexity index is 1410. The van der Waals surface area contributed by atoms with E-state index in [1.54, 1.807) is 41.7 Å². The first-order chi connectivity index (χ1) is 21.6. The first-order valence-electron chi connectivity index (χ1n) is 14.1. The summed E-state index contributed by atoms with van der Waals surface area (Å²) in [5, 5.41) is 11.0. The van der Waals surface area contributed by atoms with Gasteiger partial charge in [0.15, 0.2) is 5.79 Å². The zero-order valence-corrected chi connectivity index (χ0v) is 26.5. The van der Waals surface area contributed by atoms with Gasteiger partial charge in [-0.15, -0.1) is 11.3 Å². The van der Waals surface area contributed by atoms with Gasteiger partial charge in [-0.3, -0.25) is 15.1 Å². The number of hydrogen-bond donors (Lipinski definition) is 4. The number of rotatable bonds is 5. The zero-order valence-electron chi connectivity index (χ0n) is 25.7. The molecule has 0 saturated carbocycles. The molecule has 3 heterocycles. The molecule has 1 unspecified atom stereocenters. The van der Waals surface area contributed by atoms with Crippen molar-refractivity contribution in [3.05, 3.63) is 81.0 Å². The van der Waals surface area contributed by atoms with E-state index < -0.39 is 11.7 Å². The summed E-state index contributed by atoms with van der Waals surface area (Å²) in [5.74, 6) is -3.45. The Labute approximate surface area is 266 Å². The normalized spacial score (nSPS) is 17.8. The molecule has 0 bridgehead atoms. The number of thiophene rings is 1. The third-order valence-electron chi connectivity index (χ3n) is 7.16. The fourth-order valence-corrected chi connectivity index (χ4v) is 6.14. The van der Waals surface area contributed by atoms with Gasteiger partial charge in [0.2, 0.25) is 5.91 Å². The van der Waals surface area contributed by atoms with Crippen molar-refractivity contribution < 1.29 is 32.6 Å². The maximum atomic E-state index is 14.2. The van der Waals surface area contributed by atoms with E-state index in [2.05, 4.69) is 35.2 Å². The van der Waals surface area contributed by atoms with Crippen molar-refractivity contribution in [1.82, 2.24) is 10.2 Å². The molecule has 45 heavy (non-hydrogen) atoms. The lowest BCUT2D eigenvalue weighted by atomic mass is 10.0. The van der Waals surface area contributed by atoms with Gasteiger partial charge in [-0.05, 0) is 54.7 Å². The number of amides is 1. The lowest BCUT2D eigenvalue weighted by Gasteiger charge is -2.20. The largest absolute Gasteiger partial charge is 0.390 e. The summed E-state index contributed by atoms with van der Waals surface area (Å²) in [6.45, 7) is 6.55. The fraction of sp³-hybridized carbons (Fsp3) is 0.375. The molecule has 6 N–H and O–H groups in total. The van der Waals surface area contributed by atoms with Gasteiger partial charge in [-0.2, -0.15) is 8.78 Å². The van der Waals surface area contributed by atoms with Gasteiger partial charge in [0.25, 0.3) is 5.92 Å². The van der Waals surface area contributed by atoms with Crippen LogP contribution in [0.1, 0.15) is 33.6 Å². The number of nitrogens with one attached hydrogen (secondary N) is 2. The highest BCUT2D eigenvalue weighted by Gasteiger charge is 2.49. The molecule has 10 nitrogen and oxygen atoms in total. The van der Waals surface area contributed by atoms with E-state index in [4.69, 9.17) is 19.7 Å². The molecule has 3 aliphatic rings. The van der Waals surface area contributed by atoms with Gasteiger partial charge in [0, 0.05) is 28.8 Å². The van der Waals surface area contributed by atoms with Gasteiger partial charge >= 0.3 is 0 Å². The number of benzene rings is 2. The molecule has 6 rings (SSSR count). The number of aryl methyl sites for hydroxylation is 1. The van der Waals surface area contributed by atoms with Crippen molar-refractivity contribution >= 4 is 36.7 Å². The van der Waals surface area contributed by atoms with Crippen molar-refractivity contribution in [2.45, 2.75) is 44.1 Å². The molecule has 2 saturated heterocycles. The van der Waals surface area contributed by atoms with E-state index in [1.807, 2.05) is 18.7 Å². The van der Waals surface area contributed by atoms with Crippen LogP contribution in [0.4, 0.5) is 8.78 Å². The molecule has 1 amide bonds. The number of fused-ring (bicyclic) bond motifs is 3. The van der Waals surface area contributed by atoms with E-state index in [1.165, 1.54) is 29.6 Å². The molecule has 1 aliphatic carbocycles. The standard InChI is InChI=1S/C15H10F2O.C14H20N2O3S.CH4N2.CH5N.CH2O/c16-15(17)13-4-2-1-3-11(13)12-9-10(7-8-18)5-6-14(12)15;1-10-5-11(20-8-10)7-15-13(17)12-6-14(9-16(12)2)18-3-4-19-14;2-1-3;2*1-2/h1-6,8-9H,7H2;5,8,12H,3-4,6-7,9H2,1-2H3,(H,15,17);1H,(H3,2,3);2H2,1H3;1H2. The minimum Gasteiger partial charge on any atom is -0.390 e. The summed E-state index contributed by atoms with van der Waals surface area (Å²) in [6, 6.07) is 13.1. The van der Waals surface area contributed by atoms with Crippen molar-refractivity contribution in [2.24, 2.45) is 11.5 Å². The number of alkyl halides is 2. The molecule has 3 aromatic rings. The second-order valence-corrected chi connectivity index (χ2v) is 11.1. The molecule has 1 aromatic heterocycles. The van der Waals surface area contributed by atoms with Gasteiger partial charge in [-0.25, -0.2) is 0 Å². The summed E-state index contributed by atoms with van der Waals surface area (Å²) in [7, 11) is 3.44. The van der Waals surface area contributed by atoms with Crippen LogP contribution in [0.5, 0.6) is 0 Å². The summed E-state index contributed by atoms with van der Waals surface area (Å²) >= 11 is 1.68. The minimum atomic E-state index is -2.94. The van der Waals surface area contributed by atoms with Crippen molar-refractivity contribution in [2.75, 3.05) is 33.9 Å². The molecular formula is C32H41F2N5O5S. The SMILES string of the molecule is C=O.CN.Cc1csc(CNC(=O)C2CC3(CN2C)OCCO3)c1.N=CN.O=CCc1ccc2c(c1)-c1ccccc1C2(F)F. The van der Waals surface area contributed by atoms with E-state index in [9.17, 15) is 18.4 Å². The average molecular weight is 646 g/mol. The van der Waals surface area contributed by atoms with Gasteiger partial charge < -0.3 is 35.8 Å². The summed E-state index contributed by atoms with van der Waals surface area (Å²) in [6.07, 6.45) is 2.39. The minimum absolute atomic E-state index is 0.0262. The van der Waals surface area contributed by atoms with Crippen LogP contribution in [-0.4, -0.2) is 75.9 Å². The van der Waals surface area contributed by atoms with Crippen LogP contribution < -0.4 is 16.8 Å². The third kappa shape index (κ3) is 9.08. The van der Waals surface area contributed by atoms with Crippen LogP contribution in [0.3, 0.4) is 0 Å². The Balaban J connectivity index is 0.000000263. The number of nitrogens with two attached hydrogens (primary N) is 2. The molecule has 2 aliphatic heterocycles. The molecule has 1 atom stereocenters. The lowest BCUT2D eigenvalue weighted by Crippen LogP contribution is -2.40. The molecule has 2 aromatic carbocycles. The maximum Gasteiger partial charge on any atom is 0.299 e. The summed E-state index contributed by atoms with van der Waals surface area (Å²) in [4.78, 5) is 34.0. The Hall–Kier alpha value is -3.88. The maximum absolute atomic E-state index is 14.2. The first kappa shape index (κ1) is 37.3. The van der Waals surface area contributed by atoms with Crippen molar-refractivity contribution in [3.63, 3.8) is 0 Å².